The van der Waals surface area contributed by atoms with Gasteiger partial charge in [0.2, 0.25) is 0 Å². The van der Waals surface area contributed by atoms with Gasteiger partial charge in [-0.05, 0) is 12.8 Å². The van der Waals surface area contributed by atoms with Gasteiger partial charge in [0.05, 0.1) is 0 Å². The third kappa shape index (κ3) is 13.2. The first-order valence-corrected chi connectivity index (χ1v) is 6.15. The molecule has 2 nitrogen and oxygen atoms in total. The zero-order valence-electron chi connectivity index (χ0n) is 9.84. The highest BCUT2D eigenvalue weighted by molar-refractivity contribution is 5.79. The lowest BCUT2D eigenvalue weighted by molar-refractivity contribution is -0.137. The van der Waals surface area contributed by atoms with Crippen LogP contribution in [-0.2, 0) is 9.90 Å². The average Bonchev–Trinajstić information content (AvgIpc) is 2.20. The van der Waals surface area contributed by atoms with Crippen molar-refractivity contribution in [3.63, 3.8) is 0 Å². The second-order valence-electron chi connectivity index (χ2n) is 3.98. The lowest BCUT2D eigenvalue weighted by Gasteiger charge is -1.99. The zero-order chi connectivity index (χ0) is 11.4. The van der Waals surface area contributed by atoms with Crippen molar-refractivity contribution in [2.75, 3.05) is 0 Å². The largest absolute Gasteiger partial charge is 0.378 e. The van der Waals surface area contributed by atoms with Gasteiger partial charge < -0.3 is 0 Å². The van der Waals surface area contributed by atoms with Crippen LogP contribution >= 0.6 is 0 Å². The molecule has 0 saturated heterocycles. The van der Waals surface area contributed by atoms with Crippen LogP contribution in [0.2, 0.25) is 0 Å². The molecule has 0 spiro atoms. The zero-order valence-corrected chi connectivity index (χ0v) is 9.84. The SMILES string of the molecule is CCCCCCCCCC/C=C/C([O])=O. The highest BCUT2D eigenvalue weighted by Crippen LogP contribution is 2.09. The number of carbonyl (C=O) groups excluding carboxylic acids is 1. The van der Waals surface area contributed by atoms with E-state index in [0.29, 0.717) is 0 Å². The lowest BCUT2D eigenvalue weighted by atomic mass is 10.1. The topological polar surface area (TPSA) is 37.0 Å². The highest BCUT2D eigenvalue weighted by Gasteiger charge is 1.91. The molecule has 15 heavy (non-hydrogen) atoms. The number of allylic oxidation sites excluding steroid dienone is 1. The maximum Gasteiger partial charge on any atom is 0.378 e. The molecular weight excluding hydrogens is 188 g/mol. The van der Waals surface area contributed by atoms with E-state index in [1.165, 1.54) is 44.9 Å². The summed E-state index contributed by atoms with van der Waals surface area (Å²) in [6.45, 7) is 2.23. The van der Waals surface area contributed by atoms with E-state index in [2.05, 4.69) is 6.92 Å². The fraction of sp³-hybridized carbons (Fsp3) is 0.769. The molecule has 0 N–H and O–H groups in total. The van der Waals surface area contributed by atoms with Crippen molar-refractivity contribution < 1.29 is 9.90 Å². The predicted molar refractivity (Wildman–Crippen MR) is 62.1 cm³/mol. The fourth-order valence-electron chi connectivity index (χ4n) is 1.58. The molecule has 0 aliphatic carbocycles. The monoisotopic (exact) mass is 211 g/mol. The molecule has 0 bridgehead atoms. The summed E-state index contributed by atoms with van der Waals surface area (Å²) in [7, 11) is 0. The van der Waals surface area contributed by atoms with E-state index in [9.17, 15) is 9.90 Å². The van der Waals surface area contributed by atoms with Gasteiger partial charge in [0.25, 0.3) is 0 Å². The molecule has 0 aliphatic rings. The molecule has 0 aromatic carbocycles. The summed E-state index contributed by atoms with van der Waals surface area (Å²) in [5.41, 5.74) is 0. The Morgan fingerprint density at radius 1 is 0.933 bits per heavy atom. The van der Waals surface area contributed by atoms with Crippen molar-refractivity contribution in [2.24, 2.45) is 0 Å². The summed E-state index contributed by atoms with van der Waals surface area (Å²) >= 11 is 0. The van der Waals surface area contributed by atoms with Gasteiger partial charge in [-0.25, -0.2) is 9.90 Å². The quantitative estimate of drug-likeness (QED) is 0.397. The summed E-state index contributed by atoms with van der Waals surface area (Å²) in [4.78, 5) is 10.0. The summed E-state index contributed by atoms with van der Waals surface area (Å²) < 4.78 is 0. The number of hydrogen-bond acceptors (Lipinski definition) is 1. The average molecular weight is 211 g/mol. The number of rotatable bonds is 10. The van der Waals surface area contributed by atoms with Crippen molar-refractivity contribution in [3.8, 4) is 0 Å². The maximum atomic E-state index is 10.0. The highest BCUT2D eigenvalue weighted by atomic mass is 16.4. The Bertz CT molecular complexity index is 173. The Balaban J connectivity index is 3.02. The molecule has 0 aromatic heterocycles. The Morgan fingerprint density at radius 2 is 1.47 bits per heavy atom. The molecule has 2 heteroatoms. The molecule has 1 radical (unpaired) electrons. The van der Waals surface area contributed by atoms with Crippen LogP contribution < -0.4 is 0 Å². The van der Waals surface area contributed by atoms with E-state index < -0.39 is 5.97 Å². The molecule has 87 valence electrons. The fourth-order valence-corrected chi connectivity index (χ4v) is 1.58. The van der Waals surface area contributed by atoms with E-state index in [0.717, 1.165) is 18.9 Å². The van der Waals surface area contributed by atoms with E-state index in [1.807, 2.05) is 0 Å². The second-order valence-corrected chi connectivity index (χ2v) is 3.98. The van der Waals surface area contributed by atoms with Crippen LogP contribution in [0.1, 0.15) is 64.7 Å². The van der Waals surface area contributed by atoms with Crippen LogP contribution in [0, 0.1) is 0 Å². The molecule has 0 amide bonds. The van der Waals surface area contributed by atoms with Gasteiger partial charge in [-0.1, -0.05) is 57.9 Å². The molecule has 0 atom stereocenters. The molecular formula is C13H23O2. The molecule has 0 unspecified atom stereocenters. The number of hydrogen-bond donors (Lipinski definition) is 0. The van der Waals surface area contributed by atoms with E-state index >= 15 is 0 Å². The molecule has 0 aromatic rings. The Morgan fingerprint density at radius 3 is 2.00 bits per heavy atom. The molecule has 0 aliphatic heterocycles. The van der Waals surface area contributed by atoms with Crippen molar-refractivity contribution in [2.45, 2.75) is 64.7 Å². The van der Waals surface area contributed by atoms with Crippen LogP contribution in [-0.4, -0.2) is 5.97 Å². The van der Waals surface area contributed by atoms with E-state index in [4.69, 9.17) is 0 Å². The normalized spacial score (nSPS) is 11.0. The van der Waals surface area contributed by atoms with E-state index in [-0.39, 0.29) is 0 Å². The predicted octanol–water partition coefficient (Wildman–Crippen LogP) is 4.03. The van der Waals surface area contributed by atoms with Crippen LogP contribution in [0.3, 0.4) is 0 Å². The maximum absolute atomic E-state index is 10.0. The van der Waals surface area contributed by atoms with Gasteiger partial charge in [-0.15, -0.1) is 0 Å². The molecule has 0 fully saturated rings. The standard InChI is InChI=1S/C13H23O2/c1-2-3-4-5-6-7-8-9-10-11-12-13(14)15/h11-12H,2-10H2,1H3/b12-11+. The van der Waals surface area contributed by atoms with Gasteiger partial charge >= 0.3 is 5.97 Å². The summed E-state index contributed by atoms with van der Waals surface area (Å²) in [5.74, 6) is -1.09. The minimum absolute atomic E-state index is 0.864. The smallest absolute Gasteiger partial charge is 0.242 e. The second kappa shape index (κ2) is 11.3. The first kappa shape index (κ1) is 14.2. The van der Waals surface area contributed by atoms with Crippen molar-refractivity contribution in [1.29, 1.82) is 0 Å². The van der Waals surface area contributed by atoms with Crippen LogP contribution in [0.5, 0.6) is 0 Å². The Hall–Kier alpha value is -0.790. The van der Waals surface area contributed by atoms with Crippen molar-refractivity contribution >= 4 is 5.97 Å². The van der Waals surface area contributed by atoms with Crippen LogP contribution in [0.25, 0.3) is 0 Å². The molecule has 0 saturated carbocycles. The molecule has 0 rings (SSSR count). The number of unbranched alkanes of at least 4 members (excludes halogenated alkanes) is 8. The van der Waals surface area contributed by atoms with Gasteiger partial charge in [0.1, 0.15) is 0 Å². The number of carbonyl (C=O) groups is 1. The summed E-state index contributed by atoms with van der Waals surface area (Å²) in [5, 5.41) is 10.0. The third-order valence-corrected chi connectivity index (χ3v) is 2.48. The third-order valence-electron chi connectivity index (χ3n) is 2.48. The summed E-state index contributed by atoms with van der Waals surface area (Å²) in [6.07, 6.45) is 14.0. The van der Waals surface area contributed by atoms with Crippen molar-refractivity contribution in [1.82, 2.24) is 0 Å². The first-order valence-electron chi connectivity index (χ1n) is 6.15. The Kier molecular flexibility index (Phi) is 10.7. The Labute approximate surface area is 93.4 Å². The minimum Gasteiger partial charge on any atom is -0.242 e. The van der Waals surface area contributed by atoms with E-state index in [1.54, 1.807) is 6.08 Å². The van der Waals surface area contributed by atoms with Gasteiger partial charge in [-0.2, -0.15) is 0 Å². The van der Waals surface area contributed by atoms with Crippen molar-refractivity contribution in [3.05, 3.63) is 12.2 Å². The van der Waals surface area contributed by atoms with Gasteiger partial charge in [0, 0.05) is 6.08 Å². The van der Waals surface area contributed by atoms with Crippen LogP contribution in [0.4, 0.5) is 0 Å². The minimum atomic E-state index is -1.09. The summed E-state index contributed by atoms with van der Waals surface area (Å²) in [6, 6.07) is 0. The lowest BCUT2D eigenvalue weighted by Crippen LogP contribution is -1.83. The molecule has 0 heterocycles. The van der Waals surface area contributed by atoms with Gasteiger partial charge in [-0.3, -0.25) is 0 Å². The van der Waals surface area contributed by atoms with Crippen LogP contribution in [0.15, 0.2) is 12.2 Å². The van der Waals surface area contributed by atoms with Gasteiger partial charge in [0.15, 0.2) is 0 Å². The first-order chi connectivity index (χ1) is 7.27.